The van der Waals surface area contributed by atoms with Gasteiger partial charge in [0, 0.05) is 0 Å². The molecule has 0 nitrogen and oxygen atoms in total. The first-order valence-corrected chi connectivity index (χ1v) is 14.1. The third kappa shape index (κ3) is 8.20. The summed E-state index contributed by atoms with van der Waals surface area (Å²) in [4.78, 5) is 0. The van der Waals surface area contributed by atoms with Crippen LogP contribution in [0.25, 0.3) is 0 Å². The van der Waals surface area contributed by atoms with Crippen molar-refractivity contribution in [3.63, 3.8) is 0 Å². The SMILES string of the molecule is C/C=C/[C@H]1CC[C@H](/C=C/CCC2CCC([C@H]3CC[C@H](CCCCC)CC3)CC2)CC1. The van der Waals surface area contributed by atoms with Gasteiger partial charge in [-0.3, -0.25) is 0 Å². The topological polar surface area (TPSA) is 0 Å². The van der Waals surface area contributed by atoms with Crippen molar-refractivity contribution in [2.75, 3.05) is 0 Å². The van der Waals surface area contributed by atoms with E-state index in [9.17, 15) is 0 Å². The van der Waals surface area contributed by atoms with E-state index in [4.69, 9.17) is 0 Å². The van der Waals surface area contributed by atoms with Crippen LogP contribution in [-0.4, -0.2) is 0 Å². The lowest BCUT2D eigenvalue weighted by Crippen LogP contribution is -2.25. The van der Waals surface area contributed by atoms with Crippen LogP contribution >= 0.6 is 0 Å². The molecule has 3 aliphatic rings. The van der Waals surface area contributed by atoms with Crippen molar-refractivity contribution in [3.05, 3.63) is 24.3 Å². The molecule has 0 radical (unpaired) electrons. The highest BCUT2D eigenvalue weighted by Gasteiger charge is 2.30. The molecule has 0 saturated heterocycles. The average Bonchev–Trinajstić information content (AvgIpc) is 2.79. The van der Waals surface area contributed by atoms with E-state index in [0.717, 1.165) is 35.5 Å². The van der Waals surface area contributed by atoms with Crippen LogP contribution in [0.1, 0.15) is 129 Å². The first kappa shape index (κ1) is 24.1. The van der Waals surface area contributed by atoms with Crippen LogP contribution in [0, 0.1) is 35.5 Å². The second-order valence-corrected chi connectivity index (χ2v) is 11.3. The Balaban J connectivity index is 1.24. The maximum Gasteiger partial charge on any atom is -0.0233 e. The van der Waals surface area contributed by atoms with Gasteiger partial charge in [-0.05, 0) is 107 Å². The normalized spacial score (nSPS) is 35.9. The van der Waals surface area contributed by atoms with Crippen molar-refractivity contribution in [2.45, 2.75) is 129 Å². The highest BCUT2D eigenvalue weighted by molar-refractivity contribution is 4.95. The third-order valence-corrected chi connectivity index (χ3v) is 9.10. The van der Waals surface area contributed by atoms with Gasteiger partial charge >= 0.3 is 0 Å². The van der Waals surface area contributed by atoms with Crippen molar-refractivity contribution < 1.29 is 0 Å². The first-order valence-electron chi connectivity index (χ1n) is 14.1. The second-order valence-electron chi connectivity index (χ2n) is 11.3. The minimum absolute atomic E-state index is 0.867. The van der Waals surface area contributed by atoms with Gasteiger partial charge < -0.3 is 0 Å². The van der Waals surface area contributed by atoms with Gasteiger partial charge in [-0.1, -0.05) is 82.6 Å². The summed E-state index contributed by atoms with van der Waals surface area (Å²) < 4.78 is 0. The molecule has 3 aliphatic carbocycles. The zero-order valence-electron chi connectivity index (χ0n) is 20.5. The largest absolute Gasteiger partial charge is 0.0914 e. The fourth-order valence-electron chi connectivity index (χ4n) is 7.00. The molecule has 3 fully saturated rings. The maximum atomic E-state index is 2.58. The van der Waals surface area contributed by atoms with Crippen molar-refractivity contribution >= 4 is 0 Å². The molecule has 0 bridgehead atoms. The summed E-state index contributed by atoms with van der Waals surface area (Å²) in [6.07, 6.45) is 36.5. The van der Waals surface area contributed by atoms with Crippen LogP contribution in [0.4, 0.5) is 0 Å². The molecule has 0 aromatic carbocycles. The predicted molar refractivity (Wildman–Crippen MR) is 134 cm³/mol. The minimum atomic E-state index is 0.867. The van der Waals surface area contributed by atoms with Gasteiger partial charge in [-0.25, -0.2) is 0 Å². The third-order valence-electron chi connectivity index (χ3n) is 9.10. The number of unbranched alkanes of at least 4 members (excludes halogenated alkanes) is 2. The molecule has 3 rings (SSSR count). The molecule has 0 heteroatoms. The van der Waals surface area contributed by atoms with Gasteiger partial charge in [0.1, 0.15) is 0 Å². The Morgan fingerprint density at radius 2 is 1.13 bits per heavy atom. The van der Waals surface area contributed by atoms with Gasteiger partial charge in [0.2, 0.25) is 0 Å². The molecular weight excluding hydrogens is 360 g/mol. The Bertz CT molecular complexity index is 476. The molecule has 0 spiro atoms. The summed E-state index contributed by atoms with van der Waals surface area (Å²) in [5.74, 6) is 6.02. The Kier molecular flexibility index (Phi) is 11.1. The average molecular weight is 413 g/mol. The highest BCUT2D eigenvalue weighted by Crippen LogP contribution is 2.43. The van der Waals surface area contributed by atoms with E-state index >= 15 is 0 Å². The van der Waals surface area contributed by atoms with Crippen LogP contribution < -0.4 is 0 Å². The van der Waals surface area contributed by atoms with Gasteiger partial charge in [0.05, 0.1) is 0 Å². The monoisotopic (exact) mass is 412 g/mol. The van der Waals surface area contributed by atoms with E-state index in [-0.39, 0.29) is 0 Å². The number of allylic oxidation sites excluding steroid dienone is 4. The summed E-state index contributed by atoms with van der Waals surface area (Å²) in [5, 5.41) is 0. The highest BCUT2D eigenvalue weighted by atomic mass is 14.4. The number of hydrogen-bond acceptors (Lipinski definition) is 0. The summed E-state index contributed by atoms with van der Waals surface area (Å²) in [5.41, 5.74) is 0. The van der Waals surface area contributed by atoms with E-state index in [0.29, 0.717) is 0 Å². The van der Waals surface area contributed by atoms with Crippen molar-refractivity contribution in [3.8, 4) is 0 Å². The predicted octanol–water partition coefficient (Wildman–Crippen LogP) is 9.90. The van der Waals surface area contributed by atoms with Crippen LogP contribution in [0.3, 0.4) is 0 Å². The molecule has 0 atom stereocenters. The fraction of sp³-hybridized carbons (Fsp3) is 0.867. The molecule has 0 aromatic rings. The summed E-state index contributed by atoms with van der Waals surface area (Å²) in [6, 6.07) is 0. The molecule has 0 unspecified atom stereocenters. The van der Waals surface area contributed by atoms with Crippen LogP contribution in [0.15, 0.2) is 24.3 Å². The van der Waals surface area contributed by atoms with E-state index in [1.807, 2.05) is 0 Å². The lowest BCUT2D eigenvalue weighted by atomic mass is 9.68. The molecule has 3 saturated carbocycles. The summed E-state index contributed by atoms with van der Waals surface area (Å²) in [6.45, 7) is 4.50. The first-order chi connectivity index (χ1) is 14.8. The zero-order chi connectivity index (χ0) is 21.0. The van der Waals surface area contributed by atoms with Crippen molar-refractivity contribution in [1.82, 2.24) is 0 Å². The summed E-state index contributed by atoms with van der Waals surface area (Å²) >= 11 is 0. The molecular formula is C30H52. The van der Waals surface area contributed by atoms with E-state index in [1.165, 1.54) is 77.0 Å². The lowest BCUT2D eigenvalue weighted by molar-refractivity contribution is 0.140. The number of rotatable bonds is 10. The molecule has 0 heterocycles. The van der Waals surface area contributed by atoms with Crippen LogP contribution in [0.2, 0.25) is 0 Å². The van der Waals surface area contributed by atoms with Gasteiger partial charge in [0.15, 0.2) is 0 Å². The van der Waals surface area contributed by atoms with Crippen LogP contribution in [-0.2, 0) is 0 Å². The van der Waals surface area contributed by atoms with Gasteiger partial charge in [-0.15, -0.1) is 0 Å². The second kappa shape index (κ2) is 13.8. The van der Waals surface area contributed by atoms with Gasteiger partial charge in [-0.2, -0.15) is 0 Å². The molecule has 172 valence electrons. The van der Waals surface area contributed by atoms with E-state index < -0.39 is 0 Å². The molecule has 0 amide bonds. The smallest absolute Gasteiger partial charge is 0.0233 e. The number of hydrogen-bond donors (Lipinski definition) is 0. The Hall–Kier alpha value is -0.520. The molecule has 0 aliphatic heterocycles. The van der Waals surface area contributed by atoms with Crippen molar-refractivity contribution in [2.24, 2.45) is 35.5 Å². The van der Waals surface area contributed by atoms with Crippen molar-refractivity contribution in [1.29, 1.82) is 0 Å². The van der Waals surface area contributed by atoms with Crippen LogP contribution in [0.5, 0.6) is 0 Å². The van der Waals surface area contributed by atoms with E-state index in [2.05, 4.69) is 38.2 Å². The van der Waals surface area contributed by atoms with Gasteiger partial charge in [0.25, 0.3) is 0 Å². The standard InChI is InChI=1S/C30H52/c1-3-5-6-10-27-17-21-29(22-18-27)30-23-19-28(20-24-30)12-8-7-11-26-15-13-25(9-4-2)14-16-26/h4,7,9,11,25-30H,3,5-6,8,10,12-24H2,1-2H3/b9-4+,11-7+/t25-,26-,27-,28?,29-,30?. The zero-order valence-corrected chi connectivity index (χ0v) is 20.5. The Morgan fingerprint density at radius 3 is 1.67 bits per heavy atom. The summed E-state index contributed by atoms with van der Waals surface area (Å²) in [7, 11) is 0. The van der Waals surface area contributed by atoms with E-state index in [1.54, 1.807) is 38.5 Å². The lowest BCUT2D eigenvalue weighted by Gasteiger charge is -2.38. The fourth-order valence-corrected chi connectivity index (χ4v) is 7.00. The molecule has 30 heavy (non-hydrogen) atoms. The quantitative estimate of drug-likeness (QED) is 0.247. The Labute approximate surface area is 189 Å². The molecule has 0 aromatic heterocycles. The molecule has 0 N–H and O–H groups in total. The Morgan fingerprint density at radius 1 is 0.600 bits per heavy atom. The minimum Gasteiger partial charge on any atom is -0.0914 e. The maximum absolute atomic E-state index is 2.58.